The van der Waals surface area contributed by atoms with Crippen LogP contribution in [-0.4, -0.2) is 23.8 Å². The van der Waals surface area contributed by atoms with E-state index in [1.807, 2.05) is 45.0 Å². The van der Waals surface area contributed by atoms with Crippen LogP contribution in [0.5, 0.6) is 5.75 Å². The van der Waals surface area contributed by atoms with Crippen LogP contribution in [0.2, 0.25) is 10.0 Å². The van der Waals surface area contributed by atoms with E-state index in [9.17, 15) is 10.1 Å². The fourth-order valence-electron chi connectivity index (χ4n) is 4.47. The van der Waals surface area contributed by atoms with Crippen molar-refractivity contribution in [2.45, 2.75) is 31.8 Å². The van der Waals surface area contributed by atoms with Gasteiger partial charge in [0, 0.05) is 10.0 Å². The Balaban J connectivity index is 2.01. The van der Waals surface area contributed by atoms with Crippen LogP contribution < -0.4 is 4.74 Å². The summed E-state index contributed by atoms with van der Waals surface area (Å²) in [7, 11) is 0. The molecular formula is C27H22Cl2N3O2. The first-order valence-corrected chi connectivity index (χ1v) is 11.5. The highest BCUT2D eigenvalue weighted by Crippen LogP contribution is 2.53. The van der Waals surface area contributed by atoms with E-state index >= 15 is 0 Å². The minimum Gasteiger partial charge on any atom is -0.493 e. The maximum absolute atomic E-state index is 12.6. The van der Waals surface area contributed by atoms with E-state index in [0.29, 0.717) is 39.4 Å². The molecule has 0 bridgehead atoms. The number of hydrogen-bond acceptors (Lipinski definition) is 4. The Bertz CT molecular complexity index is 1300. The molecule has 0 spiro atoms. The van der Waals surface area contributed by atoms with E-state index in [2.05, 4.69) is 12.5 Å². The van der Waals surface area contributed by atoms with Crippen LogP contribution in [0.15, 0.2) is 71.7 Å². The first kappa shape index (κ1) is 23.8. The predicted molar refractivity (Wildman–Crippen MR) is 134 cm³/mol. The number of carbonyl (C=O) groups excluding carboxylic acids is 1. The number of hydrogen-bond donors (Lipinski definition) is 0. The average molecular weight is 491 g/mol. The van der Waals surface area contributed by atoms with E-state index in [4.69, 9.17) is 32.9 Å². The van der Waals surface area contributed by atoms with E-state index in [-0.39, 0.29) is 0 Å². The van der Waals surface area contributed by atoms with Crippen molar-refractivity contribution >= 4 is 35.4 Å². The highest BCUT2D eigenvalue weighted by Gasteiger charge is 2.58. The average Bonchev–Trinajstić information content (AvgIpc) is 3.08. The zero-order valence-electron chi connectivity index (χ0n) is 19.0. The van der Waals surface area contributed by atoms with Gasteiger partial charge < -0.3 is 4.74 Å². The van der Waals surface area contributed by atoms with Crippen molar-refractivity contribution in [3.63, 3.8) is 0 Å². The van der Waals surface area contributed by atoms with Crippen LogP contribution in [0, 0.1) is 11.3 Å². The number of nitriles is 1. The molecule has 0 fully saturated rings. The van der Waals surface area contributed by atoms with E-state index in [0.717, 1.165) is 11.1 Å². The molecule has 0 aromatic heterocycles. The third-order valence-electron chi connectivity index (χ3n) is 6.49. The van der Waals surface area contributed by atoms with Crippen molar-refractivity contribution in [1.82, 2.24) is 4.90 Å². The fraction of sp³-hybridized carbons (Fsp3) is 0.222. The van der Waals surface area contributed by atoms with E-state index in [1.54, 1.807) is 42.5 Å². The van der Waals surface area contributed by atoms with Gasteiger partial charge in [0.25, 0.3) is 0 Å². The van der Waals surface area contributed by atoms with Gasteiger partial charge in [0.2, 0.25) is 0 Å². The first-order valence-electron chi connectivity index (χ1n) is 10.8. The third-order valence-corrected chi connectivity index (χ3v) is 7.00. The number of amides is 1. The quantitative estimate of drug-likeness (QED) is 0.411. The van der Waals surface area contributed by atoms with Crippen molar-refractivity contribution in [3.05, 3.63) is 99.0 Å². The molecule has 5 nitrogen and oxygen atoms in total. The van der Waals surface area contributed by atoms with E-state index < -0.39 is 11.1 Å². The number of halogens is 2. The molecule has 1 aliphatic rings. The number of nitrogens with zero attached hydrogens (tertiary/aromatic N) is 3. The molecule has 4 rings (SSSR count). The van der Waals surface area contributed by atoms with Gasteiger partial charge in [-0.05, 0) is 74.4 Å². The number of benzene rings is 3. The van der Waals surface area contributed by atoms with Gasteiger partial charge in [-0.15, -0.1) is 0 Å². The largest absolute Gasteiger partial charge is 0.493 e. The predicted octanol–water partition coefficient (Wildman–Crippen LogP) is 6.22. The molecule has 0 unspecified atom stereocenters. The van der Waals surface area contributed by atoms with Crippen LogP contribution in [0.4, 0.5) is 0 Å². The molecular weight excluding hydrogens is 469 g/mol. The standard InChI is InChI=1S/C27H22Cl2N3O2/c1-4-34-24-15-18(16-30)5-14-23(24)25-31-26(2,19-6-10-21(28)11-7-19)27(3,32(25)17-33)20-8-12-22(29)13-9-20/h5-15H,4H2,1-3H3/t26-,27+/m0/s1. The summed E-state index contributed by atoms with van der Waals surface area (Å²) in [6.45, 7) is 6.18. The summed E-state index contributed by atoms with van der Waals surface area (Å²) in [5.74, 6) is 0.872. The van der Waals surface area contributed by atoms with Gasteiger partial charge in [-0.2, -0.15) is 5.26 Å². The number of ether oxygens (including phenoxy) is 1. The smallest absolute Gasteiger partial charge is 0.319 e. The molecule has 0 saturated carbocycles. The molecule has 2 atom stereocenters. The van der Waals surface area contributed by atoms with Crippen LogP contribution >= 0.6 is 23.2 Å². The number of rotatable bonds is 6. The topological polar surface area (TPSA) is 65.7 Å². The second kappa shape index (κ2) is 9.13. The lowest BCUT2D eigenvalue weighted by atomic mass is 9.71. The van der Waals surface area contributed by atoms with Gasteiger partial charge in [-0.3, -0.25) is 14.7 Å². The van der Waals surface area contributed by atoms with Crippen molar-refractivity contribution in [1.29, 1.82) is 5.26 Å². The normalized spacial score (nSPS) is 21.6. The molecule has 0 saturated heterocycles. The summed E-state index contributed by atoms with van der Waals surface area (Å²) in [4.78, 5) is 19.2. The highest BCUT2D eigenvalue weighted by atomic mass is 35.5. The molecule has 1 radical (unpaired) electrons. The zero-order chi connectivity index (χ0) is 24.5. The Morgan fingerprint density at radius 2 is 1.56 bits per heavy atom. The Labute approximate surface area is 209 Å². The molecule has 0 aliphatic carbocycles. The van der Waals surface area contributed by atoms with Crippen molar-refractivity contribution in [2.24, 2.45) is 4.99 Å². The summed E-state index contributed by atoms with van der Waals surface area (Å²) in [5.41, 5.74) is 0.893. The SMILES string of the molecule is CCOc1cc(C#N)ccc1C1=N[C@@](C)(c2ccc(Cl)cc2)[C@@](C)(c2ccc(Cl)cc2)N1[C]=O. The van der Waals surface area contributed by atoms with Gasteiger partial charge in [0.1, 0.15) is 22.7 Å². The Hall–Kier alpha value is -3.33. The first-order chi connectivity index (χ1) is 16.3. The van der Waals surface area contributed by atoms with Crippen LogP contribution in [0.3, 0.4) is 0 Å². The van der Waals surface area contributed by atoms with Crippen molar-refractivity contribution in [3.8, 4) is 11.8 Å². The zero-order valence-corrected chi connectivity index (χ0v) is 20.5. The van der Waals surface area contributed by atoms with Crippen LogP contribution in [-0.2, 0) is 15.9 Å². The summed E-state index contributed by atoms with van der Waals surface area (Å²) in [5, 5.41) is 10.6. The molecule has 171 valence electrons. The molecule has 1 heterocycles. The van der Waals surface area contributed by atoms with Gasteiger partial charge in [-0.25, -0.2) is 0 Å². The minimum absolute atomic E-state index is 0.392. The van der Waals surface area contributed by atoms with Crippen LogP contribution in [0.1, 0.15) is 43.0 Å². The fourth-order valence-corrected chi connectivity index (χ4v) is 4.72. The monoisotopic (exact) mass is 490 g/mol. The van der Waals surface area contributed by atoms with E-state index in [1.165, 1.54) is 4.90 Å². The molecule has 7 heteroatoms. The summed E-state index contributed by atoms with van der Waals surface area (Å²) >= 11 is 12.3. The molecule has 34 heavy (non-hydrogen) atoms. The molecule has 3 aromatic rings. The van der Waals surface area contributed by atoms with Gasteiger partial charge in [0.15, 0.2) is 0 Å². The summed E-state index contributed by atoms with van der Waals surface area (Å²) in [6, 6.07) is 22.0. The summed E-state index contributed by atoms with van der Waals surface area (Å²) < 4.78 is 5.84. The summed E-state index contributed by atoms with van der Waals surface area (Å²) in [6.07, 6.45) is 2.12. The molecule has 3 aromatic carbocycles. The second-order valence-corrected chi connectivity index (χ2v) is 9.15. The Kier molecular flexibility index (Phi) is 6.40. The Morgan fingerprint density at radius 1 is 0.971 bits per heavy atom. The highest BCUT2D eigenvalue weighted by molar-refractivity contribution is 6.30. The van der Waals surface area contributed by atoms with Gasteiger partial charge in [0.05, 0.1) is 23.8 Å². The lowest BCUT2D eigenvalue weighted by Gasteiger charge is -2.43. The lowest BCUT2D eigenvalue weighted by Crippen LogP contribution is -2.52. The van der Waals surface area contributed by atoms with Gasteiger partial charge in [-0.1, -0.05) is 47.5 Å². The second-order valence-electron chi connectivity index (χ2n) is 8.28. The lowest BCUT2D eigenvalue weighted by molar-refractivity contribution is 0.179. The van der Waals surface area contributed by atoms with Crippen LogP contribution in [0.25, 0.3) is 0 Å². The third kappa shape index (κ3) is 3.73. The van der Waals surface area contributed by atoms with Crippen molar-refractivity contribution < 1.29 is 9.53 Å². The molecule has 1 aliphatic heterocycles. The minimum atomic E-state index is -0.958. The molecule has 0 N–H and O–H groups in total. The molecule has 1 amide bonds. The number of amidine groups is 1. The van der Waals surface area contributed by atoms with Crippen molar-refractivity contribution in [2.75, 3.05) is 6.61 Å². The van der Waals surface area contributed by atoms with Gasteiger partial charge >= 0.3 is 6.41 Å². The maximum atomic E-state index is 12.6. The number of aliphatic imine (C=N–C) groups is 1. The maximum Gasteiger partial charge on any atom is 0.319 e. The Morgan fingerprint density at radius 3 is 2.09 bits per heavy atom.